The van der Waals surface area contributed by atoms with Crippen molar-refractivity contribution in [3.05, 3.63) is 64.1 Å². The maximum absolute atomic E-state index is 11.1. The topological polar surface area (TPSA) is 40.5 Å². The van der Waals surface area contributed by atoms with Crippen LogP contribution in [0.2, 0.25) is 0 Å². The van der Waals surface area contributed by atoms with Gasteiger partial charge in [-0.15, -0.1) is 0 Å². The second-order valence-corrected chi connectivity index (χ2v) is 13.2. The van der Waals surface area contributed by atoms with Gasteiger partial charge in [0.05, 0.1) is 0 Å². The number of aryl methyl sites for hydroxylation is 2. The summed E-state index contributed by atoms with van der Waals surface area (Å²) in [6, 6.07) is 9.23. The van der Waals surface area contributed by atoms with Crippen molar-refractivity contribution in [1.82, 2.24) is 0 Å². The predicted molar refractivity (Wildman–Crippen MR) is 173 cm³/mol. The fraction of sp³-hybridized carbons (Fsp3) is 0.658. The zero-order valence-corrected chi connectivity index (χ0v) is 26.7. The number of aromatic hydroxyl groups is 2. The van der Waals surface area contributed by atoms with Crippen LogP contribution in [0.4, 0.5) is 0 Å². The SMILES string of the molecule is CCCCCCCc1cc(C2[CH]CC(c3cc(CCCCCCC)c(O)c(C(C)C)c3)CC2)cc(C(C)C)c1O. The molecular formula is C38H59O2. The molecule has 40 heavy (non-hydrogen) atoms. The smallest absolute Gasteiger partial charge is 0.122 e. The lowest BCUT2D eigenvalue weighted by Gasteiger charge is -2.31. The zero-order chi connectivity index (χ0) is 29.1. The molecule has 2 aromatic rings. The molecule has 2 heteroatoms. The number of unbranched alkanes of at least 4 members (excludes halogenated alkanes) is 8. The van der Waals surface area contributed by atoms with Crippen LogP contribution in [0.5, 0.6) is 11.5 Å². The van der Waals surface area contributed by atoms with Gasteiger partial charge in [0.2, 0.25) is 0 Å². The highest BCUT2D eigenvalue weighted by Crippen LogP contribution is 2.44. The van der Waals surface area contributed by atoms with E-state index in [4.69, 9.17) is 0 Å². The minimum atomic E-state index is 0.321. The predicted octanol–water partition coefficient (Wildman–Crippen LogP) is 11.6. The molecule has 1 fully saturated rings. The van der Waals surface area contributed by atoms with Gasteiger partial charge in [-0.25, -0.2) is 0 Å². The standard InChI is InChI=1S/C38H59O2/c1-7-9-11-13-15-17-31-23-33(25-35(27(3)4)37(31)39)29-19-21-30(22-20-29)34-24-32(18-16-14-12-10-8-2)38(40)36(26-34)28(5)6/h19,23-30,39-40H,7-18,20-22H2,1-6H3. The molecule has 1 radical (unpaired) electrons. The molecule has 1 aliphatic rings. The molecule has 1 aliphatic carbocycles. The van der Waals surface area contributed by atoms with Gasteiger partial charge in [0.1, 0.15) is 11.5 Å². The van der Waals surface area contributed by atoms with Crippen LogP contribution in [0.25, 0.3) is 0 Å². The van der Waals surface area contributed by atoms with Crippen molar-refractivity contribution in [2.75, 3.05) is 0 Å². The van der Waals surface area contributed by atoms with Gasteiger partial charge in [-0.05, 0) is 108 Å². The van der Waals surface area contributed by atoms with E-state index in [1.165, 1.54) is 68.9 Å². The maximum atomic E-state index is 11.1. The first-order chi connectivity index (χ1) is 19.3. The fourth-order valence-corrected chi connectivity index (χ4v) is 6.59. The third-order valence-electron chi connectivity index (χ3n) is 9.26. The van der Waals surface area contributed by atoms with Gasteiger partial charge >= 0.3 is 0 Å². The Kier molecular flexibility index (Phi) is 13.4. The van der Waals surface area contributed by atoms with Gasteiger partial charge in [-0.1, -0.05) is 117 Å². The summed E-state index contributed by atoms with van der Waals surface area (Å²) in [5, 5.41) is 22.1. The van der Waals surface area contributed by atoms with Gasteiger partial charge in [-0.2, -0.15) is 0 Å². The molecule has 2 N–H and O–H groups in total. The van der Waals surface area contributed by atoms with Crippen LogP contribution < -0.4 is 0 Å². The third-order valence-corrected chi connectivity index (χ3v) is 9.26. The first-order valence-corrected chi connectivity index (χ1v) is 16.8. The van der Waals surface area contributed by atoms with E-state index in [-0.39, 0.29) is 0 Å². The summed E-state index contributed by atoms with van der Waals surface area (Å²) >= 11 is 0. The molecule has 3 rings (SSSR count). The van der Waals surface area contributed by atoms with Gasteiger partial charge in [0, 0.05) is 0 Å². The lowest BCUT2D eigenvalue weighted by atomic mass is 9.74. The molecule has 2 aromatic carbocycles. The molecular weight excluding hydrogens is 488 g/mol. The molecule has 0 spiro atoms. The van der Waals surface area contributed by atoms with Crippen LogP contribution in [0.3, 0.4) is 0 Å². The maximum Gasteiger partial charge on any atom is 0.122 e. The first-order valence-electron chi connectivity index (χ1n) is 16.8. The molecule has 0 aromatic heterocycles. The van der Waals surface area contributed by atoms with Crippen molar-refractivity contribution in [2.24, 2.45) is 0 Å². The lowest BCUT2D eigenvalue weighted by molar-refractivity contribution is 0.447. The van der Waals surface area contributed by atoms with E-state index in [0.717, 1.165) is 60.8 Å². The van der Waals surface area contributed by atoms with E-state index in [0.29, 0.717) is 35.2 Å². The first kappa shape index (κ1) is 32.6. The monoisotopic (exact) mass is 547 g/mol. The lowest BCUT2D eigenvalue weighted by Crippen LogP contribution is -2.14. The van der Waals surface area contributed by atoms with E-state index in [2.05, 4.69) is 72.2 Å². The van der Waals surface area contributed by atoms with Crippen molar-refractivity contribution in [1.29, 1.82) is 0 Å². The molecule has 0 saturated heterocycles. The minimum absolute atomic E-state index is 0.321. The van der Waals surface area contributed by atoms with E-state index < -0.39 is 0 Å². The van der Waals surface area contributed by atoms with Crippen molar-refractivity contribution in [3.8, 4) is 11.5 Å². The second-order valence-electron chi connectivity index (χ2n) is 13.2. The van der Waals surface area contributed by atoms with Gasteiger partial charge in [0.15, 0.2) is 0 Å². The Hall–Kier alpha value is -1.96. The third kappa shape index (κ3) is 9.02. The molecule has 0 bridgehead atoms. The van der Waals surface area contributed by atoms with E-state index in [1.807, 2.05) is 0 Å². The van der Waals surface area contributed by atoms with Crippen LogP contribution in [-0.4, -0.2) is 10.2 Å². The molecule has 223 valence electrons. The number of benzene rings is 2. The highest BCUT2D eigenvalue weighted by molar-refractivity contribution is 5.48. The Labute approximate surface area is 247 Å². The van der Waals surface area contributed by atoms with Crippen molar-refractivity contribution in [3.63, 3.8) is 0 Å². The summed E-state index contributed by atoms with van der Waals surface area (Å²) in [6.07, 6.45) is 20.4. The summed E-state index contributed by atoms with van der Waals surface area (Å²) in [5.74, 6) is 2.70. The van der Waals surface area contributed by atoms with E-state index in [9.17, 15) is 10.2 Å². The van der Waals surface area contributed by atoms with Crippen molar-refractivity contribution >= 4 is 0 Å². The number of phenols is 2. The van der Waals surface area contributed by atoms with Gasteiger partial charge < -0.3 is 10.2 Å². The van der Waals surface area contributed by atoms with E-state index in [1.54, 1.807) is 0 Å². The molecule has 1 saturated carbocycles. The summed E-state index contributed by atoms with van der Waals surface area (Å²) in [4.78, 5) is 0. The highest BCUT2D eigenvalue weighted by Gasteiger charge is 2.27. The van der Waals surface area contributed by atoms with Crippen LogP contribution in [0.15, 0.2) is 24.3 Å². The normalized spacial score (nSPS) is 17.7. The Balaban J connectivity index is 1.72. The Bertz CT molecular complexity index is 943. The number of phenolic OH excluding ortho intramolecular Hbond substituents is 2. The Morgan fingerprint density at radius 3 is 1.55 bits per heavy atom. The van der Waals surface area contributed by atoms with Gasteiger partial charge in [0.25, 0.3) is 0 Å². The molecule has 0 aliphatic heterocycles. The van der Waals surface area contributed by atoms with Crippen LogP contribution in [0.1, 0.15) is 182 Å². The number of hydrogen-bond donors (Lipinski definition) is 2. The van der Waals surface area contributed by atoms with Crippen LogP contribution in [0, 0.1) is 6.42 Å². The summed E-state index contributed by atoms with van der Waals surface area (Å²) < 4.78 is 0. The largest absolute Gasteiger partial charge is 0.507 e. The van der Waals surface area contributed by atoms with Gasteiger partial charge in [-0.3, -0.25) is 0 Å². The number of rotatable bonds is 16. The average molecular weight is 548 g/mol. The molecule has 2 nitrogen and oxygen atoms in total. The minimum Gasteiger partial charge on any atom is -0.507 e. The van der Waals surface area contributed by atoms with Crippen LogP contribution >= 0.6 is 0 Å². The molecule has 0 heterocycles. The Morgan fingerprint density at radius 1 is 0.625 bits per heavy atom. The summed E-state index contributed by atoms with van der Waals surface area (Å²) in [5.41, 5.74) is 7.35. The van der Waals surface area contributed by atoms with Crippen molar-refractivity contribution < 1.29 is 10.2 Å². The fourth-order valence-electron chi connectivity index (χ4n) is 6.59. The highest BCUT2D eigenvalue weighted by atomic mass is 16.3. The quantitative estimate of drug-likeness (QED) is 0.205. The zero-order valence-electron chi connectivity index (χ0n) is 26.7. The van der Waals surface area contributed by atoms with E-state index >= 15 is 0 Å². The second kappa shape index (κ2) is 16.5. The number of hydrogen-bond acceptors (Lipinski definition) is 2. The molecule has 2 atom stereocenters. The molecule has 0 amide bonds. The molecule has 2 unspecified atom stereocenters. The van der Waals surface area contributed by atoms with Crippen molar-refractivity contribution in [2.45, 2.75) is 162 Å². The Morgan fingerprint density at radius 2 is 1.10 bits per heavy atom. The average Bonchev–Trinajstić information content (AvgIpc) is 2.94. The summed E-state index contributed by atoms with van der Waals surface area (Å²) in [6.45, 7) is 13.3. The van der Waals surface area contributed by atoms with Crippen LogP contribution in [-0.2, 0) is 12.8 Å². The summed E-state index contributed by atoms with van der Waals surface area (Å²) in [7, 11) is 0.